The lowest BCUT2D eigenvalue weighted by molar-refractivity contribution is 0.534. The molecule has 1 aromatic rings. The normalized spacial score (nSPS) is 16.4. The van der Waals surface area contributed by atoms with Crippen molar-refractivity contribution in [3.63, 3.8) is 0 Å². The molecule has 0 amide bonds. The van der Waals surface area contributed by atoms with E-state index in [4.69, 9.17) is 0 Å². The SMILES string of the molecule is C1CNCCN1.Cc1cccs1. The largest absolute Gasteiger partial charge is 0.314 e. The van der Waals surface area contributed by atoms with E-state index in [0.29, 0.717) is 0 Å². The van der Waals surface area contributed by atoms with Gasteiger partial charge in [0.05, 0.1) is 0 Å². The van der Waals surface area contributed by atoms with Gasteiger partial charge in [0, 0.05) is 31.1 Å². The Hall–Kier alpha value is -0.380. The average Bonchev–Trinajstić information content (AvgIpc) is 2.60. The minimum Gasteiger partial charge on any atom is -0.314 e. The summed E-state index contributed by atoms with van der Waals surface area (Å²) in [4.78, 5) is 1.38. The van der Waals surface area contributed by atoms with E-state index >= 15 is 0 Å². The lowest BCUT2D eigenvalue weighted by Gasteiger charge is -2.11. The van der Waals surface area contributed by atoms with Gasteiger partial charge in [-0.05, 0) is 18.4 Å². The third-order valence-corrected chi connectivity index (χ3v) is 2.42. The highest BCUT2D eigenvalue weighted by Crippen LogP contribution is 2.03. The molecule has 1 aliphatic rings. The van der Waals surface area contributed by atoms with Crippen molar-refractivity contribution in [3.8, 4) is 0 Å². The smallest absolute Gasteiger partial charge is 0.00772 e. The molecule has 1 saturated heterocycles. The third kappa shape index (κ3) is 4.49. The Kier molecular flexibility index (Phi) is 4.99. The van der Waals surface area contributed by atoms with Gasteiger partial charge in [0.15, 0.2) is 0 Å². The molecule has 1 aromatic heterocycles. The van der Waals surface area contributed by atoms with Crippen molar-refractivity contribution in [2.24, 2.45) is 0 Å². The fourth-order valence-corrected chi connectivity index (χ4v) is 1.49. The summed E-state index contributed by atoms with van der Waals surface area (Å²) in [7, 11) is 0. The number of piperazine rings is 1. The first-order valence-electron chi connectivity index (χ1n) is 4.31. The molecule has 0 spiro atoms. The molecule has 0 bridgehead atoms. The lowest BCUT2D eigenvalue weighted by Crippen LogP contribution is -2.39. The van der Waals surface area contributed by atoms with E-state index in [2.05, 4.69) is 35.1 Å². The number of rotatable bonds is 0. The Balaban J connectivity index is 0.000000120. The topological polar surface area (TPSA) is 24.1 Å². The highest BCUT2D eigenvalue weighted by Gasteiger charge is 1.91. The zero-order chi connectivity index (χ0) is 8.65. The molecule has 0 aliphatic carbocycles. The molecule has 68 valence electrons. The number of hydrogen-bond acceptors (Lipinski definition) is 3. The van der Waals surface area contributed by atoms with Crippen molar-refractivity contribution >= 4 is 11.3 Å². The summed E-state index contributed by atoms with van der Waals surface area (Å²) in [6, 6.07) is 4.16. The first-order valence-corrected chi connectivity index (χ1v) is 5.19. The monoisotopic (exact) mass is 184 g/mol. The highest BCUT2D eigenvalue weighted by atomic mass is 32.1. The molecule has 2 N–H and O–H groups in total. The van der Waals surface area contributed by atoms with Gasteiger partial charge in [-0.3, -0.25) is 0 Å². The van der Waals surface area contributed by atoms with Gasteiger partial charge in [-0.15, -0.1) is 11.3 Å². The van der Waals surface area contributed by atoms with Crippen LogP contribution in [0.2, 0.25) is 0 Å². The van der Waals surface area contributed by atoms with Gasteiger partial charge < -0.3 is 10.6 Å². The molecule has 2 rings (SSSR count). The van der Waals surface area contributed by atoms with Crippen LogP contribution in [0.3, 0.4) is 0 Å². The molecule has 12 heavy (non-hydrogen) atoms. The van der Waals surface area contributed by atoms with Crippen LogP contribution in [0.4, 0.5) is 0 Å². The van der Waals surface area contributed by atoms with Crippen LogP contribution >= 0.6 is 11.3 Å². The van der Waals surface area contributed by atoms with Crippen LogP contribution in [0.5, 0.6) is 0 Å². The maximum absolute atomic E-state index is 3.22. The van der Waals surface area contributed by atoms with Crippen LogP contribution in [-0.2, 0) is 0 Å². The molecule has 0 saturated carbocycles. The number of thiophene rings is 1. The molecule has 0 radical (unpaired) electrons. The maximum atomic E-state index is 3.22. The maximum Gasteiger partial charge on any atom is 0.00772 e. The van der Waals surface area contributed by atoms with E-state index in [-0.39, 0.29) is 0 Å². The van der Waals surface area contributed by atoms with Crippen molar-refractivity contribution in [3.05, 3.63) is 22.4 Å². The van der Waals surface area contributed by atoms with Crippen LogP contribution in [0.15, 0.2) is 17.5 Å². The molecule has 1 aliphatic heterocycles. The van der Waals surface area contributed by atoms with Crippen LogP contribution in [-0.4, -0.2) is 26.2 Å². The van der Waals surface area contributed by atoms with Gasteiger partial charge in [0.25, 0.3) is 0 Å². The summed E-state index contributed by atoms with van der Waals surface area (Å²) < 4.78 is 0. The zero-order valence-corrected chi connectivity index (χ0v) is 8.29. The van der Waals surface area contributed by atoms with Crippen LogP contribution < -0.4 is 10.6 Å². The van der Waals surface area contributed by atoms with E-state index in [9.17, 15) is 0 Å². The second-order valence-electron chi connectivity index (χ2n) is 2.72. The summed E-state index contributed by atoms with van der Waals surface area (Å²) in [6.07, 6.45) is 0. The van der Waals surface area contributed by atoms with Gasteiger partial charge >= 0.3 is 0 Å². The van der Waals surface area contributed by atoms with Gasteiger partial charge in [0.1, 0.15) is 0 Å². The fourth-order valence-electron chi connectivity index (χ4n) is 0.964. The predicted molar refractivity (Wildman–Crippen MR) is 54.8 cm³/mol. The Morgan fingerprint density at radius 1 is 1.17 bits per heavy atom. The minimum atomic E-state index is 1.14. The van der Waals surface area contributed by atoms with Crippen molar-refractivity contribution in [2.75, 3.05) is 26.2 Å². The average molecular weight is 184 g/mol. The van der Waals surface area contributed by atoms with E-state index < -0.39 is 0 Å². The Labute approximate surface area is 78.0 Å². The molecule has 2 heterocycles. The molecule has 0 unspecified atom stereocenters. The van der Waals surface area contributed by atoms with Gasteiger partial charge in [-0.25, -0.2) is 0 Å². The second-order valence-corrected chi connectivity index (χ2v) is 3.88. The first kappa shape index (κ1) is 9.71. The van der Waals surface area contributed by atoms with E-state index in [1.54, 1.807) is 11.3 Å². The number of aryl methyl sites for hydroxylation is 1. The standard InChI is InChI=1S/C5H6S.C4H10N2/c1-5-3-2-4-6-5;1-2-6-4-3-5-1/h2-4H,1H3;5-6H,1-4H2. The van der Waals surface area contributed by atoms with Crippen LogP contribution in [0, 0.1) is 6.92 Å². The molecule has 2 nitrogen and oxygen atoms in total. The van der Waals surface area contributed by atoms with E-state index in [1.807, 2.05) is 0 Å². The first-order chi connectivity index (χ1) is 5.89. The predicted octanol–water partition coefficient (Wildman–Crippen LogP) is 1.24. The van der Waals surface area contributed by atoms with Crippen molar-refractivity contribution in [2.45, 2.75) is 6.92 Å². The Morgan fingerprint density at radius 3 is 1.92 bits per heavy atom. The summed E-state index contributed by atoms with van der Waals surface area (Å²) in [5.74, 6) is 0. The number of hydrogen-bond donors (Lipinski definition) is 2. The quantitative estimate of drug-likeness (QED) is 0.634. The Morgan fingerprint density at radius 2 is 1.75 bits per heavy atom. The van der Waals surface area contributed by atoms with Gasteiger partial charge in [-0.2, -0.15) is 0 Å². The zero-order valence-electron chi connectivity index (χ0n) is 7.47. The highest BCUT2D eigenvalue weighted by molar-refractivity contribution is 7.09. The third-order valence-electron chi connectivity index (χ3n) is 1.62. The number of nitrogens with one attached hydrogen (secondary N) is 2. The second kappa shape index (κ2) is 6.17. The molecule has 3 heteroatoms. The van der Waals surface area contributed by atoms with Gasteiger partial charge in [0.2, 0.25) is 0 Å². The molecular weight excluding hydrogens is 168 g/mol. The van der Waals surface area contributed by atoms with Gasteiger partial charge in [-0.1, -0.05) is 6.07 Å². The Bertz CT molecular complexity index is 169. The van der Waals surface area contributed by atoms with Crippen molar-refractivity contribution in [1.82, 2.24) is 10.6 Å². The van der Waals surface area contributed by atoms with Crippen molar-refractivity contribution < 1.29 is 0 Å². The van der Waals surface area contributed by atoms with Crippen molar-refractivity contribution in [1.29, 1.82) is 0 Å². The summed E-state index contributed by atoms with van der Waals surface area (Å²) in [6.45, 7) is 6.66. The van der Waals surface area contributed by atoms with E-state index in [1.165, 1.54) is 4.88 Å². The van der Waals surface area contributed by atoms with Crippen LogP contribution in [0.25, 0.3) is 0 Å². The summed E-state index contributed by atoms with van der Waals surface area (Å²) >= 11 is 1.78. The lowest BCUT2D eigenvalue weighted by atomic mass is 10.4. The molecule has 0 aromatic carbocycles. The summed E-state index contributed by atoms with van der Waals surface area (Å²) in [5, 5.41) is 8.52. The fraction of sp³-hybridized carbons (Fsp3) is 0.556. The molecular formula is C9H16N2S. The molecule has 0 atom stereocenters. The minimum absolute atomic E-state index is 1.14. The van der Waals surface area contributed by atoms with Crippen LogP contribution in [0.1, 0.15) is 4.88 Å². The molecule has 1 fully saturated rings. The summed E-state index contributed by atoms with van der Waals surface area (Å²) in [5.41, 5.74) is 0. The van der Waals surface area contributed by atoms with E-state index in [0.717, 1.165) is 26.2 Å².